The minimum atomic E-state index is -0.377. The van der Waals surface area contributed by atoms with Crippen LogP contribution in [0.2, 0.25) is 0 Å². The molecule has 3 rings (SSSR count). The number of nitrogens with zero attached hydrogens (tertiary/aromatic N) is 1. The SMILES string of the molecule is COc1ccccc1C1(C(=O)NCCN2CCOCC2)CC1. The summed E-state index contributed by atoms with van der Waals surface area (Å²) in [6.07, 6.45) is 1.80. The van der Waals surface area contributed by atoms with E-state index in [1.807, 2.05) is 24.3 Å². The van der Waals surface area contributed by atoms with Gasteiger partial charge in [-0.25, -0.2) is 0 Å². The van der Waals surface area contributed by atoms with Gasteiger partial charge >= 0.3 is 0 Å². The summed E-state index contributed by atoms with van der Waals surface area (Å²) in [5, 5.41) is 3.11. The zero-order chi connectivity index (χ0) is 15.4. The average Bonchev–Trinajstić information content (AvgIpc) is 3.37. The molecule has 5 nitrogen and oxygen atoms in total. The fourth-order valence-electron chi connectivity index (χ4n) is 3.11. The summed E-state index contributed by atoms with van der Waals surface area (Å²) in [5.74, 6) is 0.939. The molecular weight excluding hydrogens is 280 g/mol. The van der Waals surface area contributed by atoms with Crippen LogP contribution in [0, 0.1) is 0 Å². The van der Waals surface area contributed by atoms with Crippen molar-refractivity contribution in [3.8, 4) is 5.75 Å². The second-order valence-corrected chi connectivity index (χ2v) is 5.99. The van der Waals surface area contributed by atoms with Gasteiger partial charge in [0.25, 0.3) is 0 Å². The van der Waals surface area contributed by atoms with Gasteiger partial charge in [-0.05, 0) is 18.9 Å². The Labute approximate surface area is 131 Å². The van der Waals surface area contributed by atoms with Gasteiger partial charge in [0, 0.05) is 31.7 Å². The normalized spacial score (nSPS) is 20.4. The number of morpholine rings is 1. The largest absolute Gasteiger partial charge is 0.496 e. The lowest BCUT2D eigenvalue weighted by Gasteiger charge is -2.27. The van der Waals surface area contributed by atoms with Gasteiger partial charge in [-0.1, -0.05) is 18.2 Å². The minimum Gasteiger partial charge on any atom is -0.496 e. The number of carbonyl (C=O) groups excluding carboxylic acids is 1. The third-order valence-electron chi connectivity index (χ3n) is 4.62. The fourth-order valence-corrected chi connectivity index (χ4v) is 3.11. The number of benzene rings is 1. The number of carbonyl (C=O) groups is 1. The number of nitrogens with one attached hydrogen (secondary N) is 1. The van der Waals surface area contributed by atoms with Crippen LogP contribution in [0.5, 0.6) is 5.75 Å². The molecule has 0 atom stereocenters. The zero-order valence-electron chi connectivity index (χ0n) is 13.1. The van der Waals surface area contributed by atoms with Gasteiger partial charge in [-0.2, -0.15) is 0 Å². The molecular formula is C17H24N2O3. The molecule has 1 aromatic carbocycles. The fraction of sp³-hybridized carbons (Fsp3) is 0.588. The van der Waals surface area contributed by atoms with E-state index in [4.69, 9.17) is 9.47 Å². The number of amides is 1. The summed E-state index contributed by atoms with van der Waals surface area (Å²) in [5.41, 5.74) is 0.638. The number of rotatable bonds is 6. The predicted octanol–water partition coefficient (Wildman–Crippen LogP) is 1.18. The summed E-state index contributed by atoms with van der Waals surface area (Å²) >= 11 is 0. The highest BCUT2D eigenvalue weighted by Crippen LogP contribution is 2.51. The molecule has 1 amide bonds. The molecule has 120 valence electrons. The van der Waals surface area contributed by atoms with Gasteiger partial charge in [0.05, 0.1) is 25.7 Å². The van der Waals surface area contributed by atoms with E-state index < -0.39 is 0 Å². The molecule has 1 heterocycles. The third kappa shape index (κ3) is 3.10. The molecule has 1 saturated carbocycles. The van der Waals surface area contributed by atoms with Gasteiger partial charge in [0.15, 0.2) is 0 Å². The van der Waals surface area contributed by atoms with Crippen molar-refractivity contribution in [2.45, 2.75) is 18.3 Å². The van der Waals surface area contributed by atoms with Crippen molar-refractivity contribution in [1.82, 2.24) is 10.2 Å². The van der Waals surface area contributed by atoms with Crippen molar-refractivity contribution >= 4 is 5.91 Å². The zero-order valence-corrected chi connectivity index (χ0v) is 13.1. The highest BCUT2D eigenvalue weighted by atomic mass is 16.5. The molecule has 0 radical (unpaired) electrons. The van der Waals surface area contributed by atoms with Crippen LogP contribution in [0.15, 0.2) is 24.3 Å². The lowest BCUT2D eigenvalue weighted by molar-refractivity contribution is -0.123. The first-order valence-electron chi connectivity index (χ1n) is 7.98. The van der Waals surface area contributed by atoms with Crippen molar-refractivity contribution in [2.75, 3.05) is 46.5 Å². The summed E-state index contributed by atoms with van der Waals surface area (Å²) in [6, 6.07) is 7.84. The predicted molar refractivity (Wildman–Crippen MR) is 84.2 cm³/mol. The Balaban J connectivity index is 1.57. The third-order valence-corrected chi connectivity index (χ3v) is 4.62. The highest BCUT2D eigenvalue weighted by Gasteiger charge is 2.52. The Hall–Kier alpha value is -1.59. The standard InChI is InChI=1S/C17H24N2O3/c1-21-15-5-3-2-4-14(15)17(6-7-17)16(20)18-8-9-19-10-12-22-13-11-19/h2-5H,6-13H2,1H3,(H,18,20). The van der Waals surface area contributed by atoms with Crippen molar-refractivity contribution in [3.63, 3.8) is 0 Å². The lowest BCUT2D eigenvalue weighted by atomic mass is 9.94. The smallest absolute Gasteiger partial charge is 0.230 e. The Morgan fingerprint density at radius 2 is 2.05 bits per heavy atom. The van der Waals surface area contributed by atoms with Gasteiger partial charge < -0.3 is 14.8 Å². The summed E-state index contributed by atoms with van der Waals surface area (Å²) < 4.78 is 10.8. The highest BCUT2D eigenvalue weighted by molar-refractivity contribution is 5.92. The molecule has 1 saturated heterocycles. The number of ether oxygens (including phenoxy) is 2. The average molecular weight is 304 g/mol. The van der Waals surface area contributed by atoms with Crippen LogP contribution < -0.4 is 10.1 Å². The summed E-state index contributed by atoms with van der Waals surface area (Å²) in [7, 11) is 1.66. The Morgan fingerprint density at radius 1 is 1.32 bits per heavy atom. The van der Waals surface area contributed by atoms with Crippen LogP contribution in [0.3, 0.4) is 0 Å². The van der Waals surface area contributed by atoms with Crippen molar-refractivity contribution in [1.29, 1.82) is 0 Å². The molecule has 0 bridgehead atoms. The molecule has 1 aromatic rings. The molecule has 2 aliphatic rings. The first-order chi connectivity index (χ1) is 10.8. The molecule has 1 N–H and O–H groups in total. The second kappa shape index (κ2) is 6.67. The topological polar surface area (TPSA) is 50.8 Å². The van der Waals surface area contributed by atoms with Crippen LogP contribution in [0.4, 0.5) is 0 Å². The monoisotopic (exact) mass is 304 g/mol. The first kappa shape index (κ1) is 15.3. The number of hydrogen-bond acceptors (Lipinski definition) is 4. The van der Waals surface area contributed by atoms with Crippen molar-refractivity contribution in [2.24, 2.45) is 0 Å². The van der Waals surface area contributed by atoms with Crippen molar-refractivity contribution < 1.29 is 14.3 Å². The Morgan fingerprint density at radius 3 is 2.73 bits per heavy atom. The Kier molecular flexibility index (Phi) is 4.64. The first-order valence-corrected chi connectivity index (χ1v) is 7.98. The molecule has 22 heavy (non-hydrogen) atoms. The molecule has 0 aromatic heterocycles. The molecule has 1 aliphatic carbocycles. The van der Waals surface area contributed by atoms with Crippen LogP contribution in [0.1, 0.15) is 18.4 Å². The van der Waals surface area contributed by atoms with Gasteiger partial charge in [-0.15, -0.1) is 0 Å². The molecule has 0 spiro atoms. The van der Waals surface area contributed by atoms with Gasteiger partial charge in [0.2, 0.25) is 5.91 Å². The van der Waals surface area contributed by atoms with E-state index in [2.05, 4.69) is 10.2 Å². The number of para-hydroxylation sites is 1. The molecule has 1 aliphatic heterocycles. The summed E-state index contributed by atoms with van der Waals surface area (Å²) in [6.45, 7) is 5.06. The second-order valence-electron chi connectivity index (χ2n) is 5.99. The van der Waals surface area contributed by atoms with E-state index >= 15 is 0 Å². The van der Waals surface area contributed by atoms with E-state index in [1.165, 1.54) is 0 Å². The van der Waals surface area contributed by atoms with E-state index in [9.17, 15) is 4.79 Å². The van der Waals surface area contributed by atoms with E-state index in [1.54, 1.807) is 7.11 Å². The number of hydrogen-bond donors (Lipinski definition) is 1. The van der Waals surface area contributed by atoms with E-state index in [-0.39, 0.29) is 11.3 Å². The number of methoxy groups -OCH3 is 1. The maximum absolute atomic E-state index is 12.6. The van der Waals surface area contributed by atoms with Gasteiger partial charge in [-0.3, -0.25) is 9.69 Å². The molecule has 2 fully saturated rings. The Bertz CT molecular complexity index is 522. The van der Waals surface area contributed by atoms with Gasteiger partial charge in [0.1, 0.15) is 5.75 Å². The maximum Gasteiger partial charge on any atom is 0.230 e. The van der Waals surface area contributed by atoms with E-state index in [0.29, 0.717) is 6.54 Å². The van der Waals surface area contributed by atoms with E-state index in [0.717, 1.165) is 57.0 Å². The van der Waals surface area contributed by atoms with Crippen LogP contribution >= 0.6 is 0 Å². The van der Waals surface area contributed by atoms with Crippen LogP contribution in [0.25, 0.3) is 0 Å². The maximum atomic E-state index is 12.6. The molecule has 5 heteroatoms. The van der Waals surface area contributed by atoms with Crippen molar-refractivity contribution in [3.05, 3.63) is 29.8 Å². The van der Waals surface area contributed by atoms with Crippen LogP contribution in [-0.2, 0) is 14.9 Å². The quantitative estimate of drug-likeness (QED) is 0.857. The summed E-state index contributed by atoms with van der Waals surface area (Å²) in [4.78, 5) is 15.0. The lowest BCUT2D eigenvalue weighted by Crippen LogP contribution is -2.43. The minimum absolute atomic E-state index is 0.130. The molecule has 0 unspecified atom stereocenters. The van der Waals surface area contributed by atoms with Crippen LogP contribution in [-0.4, -0.2) is 57.3 Å².